The van der Waals surface area contributed by atoms with Crippen molar-refractivity contribution in [3.05, 3.63) is 53.1 Å². The summed E-state index contributed by atoms with van der Waals surface area (Å²) in [6, 6.07) is 7.27. The molecule has 1 aliphatic heterocycles. The van der Waals surface area contributed by atoms with Crippen LogP contribution in [0.1, 0.15) is 66.1 Å². The van der Waals surface area contributed by atoms with Gasteiger partial charge in [-0.25, -0.2) is 9.18 Å². The summed E-state index contributed by atoms with van der Waals surface area (Å²) in [5.41, 5.74) is -0.347. The number of nitrogens with one attached hydrogen (secondary N) is 1. The fraction of sp³-hybridized carbons (Fsp3) is 0.500. The number of hydrogen-bond acceptors (Lipinski definition) is 5. The van der Waals surface area contributed by atoms with E-state index in [1.165, 1.54) is 34.9 Å². The second kappa shape index (κ2) is 8.96. The fourth-order valence-corrected chi connectivity index (χ4v) is 4.61. The van der Waals surface area contributed by atoms with Crippen LogP contribution < -0.4 is 5.32 Å². The van der Waals surface area contributed by atoms with Gasteiger partial charge in [0.05, 0.1) is 13.7 Å². The van der Waals surface area contributed by atoms with E-state index in [1.807, 2.05) is 0 Å². The van der Waals surface area contributed by atoms with Gasteiger partial charge in [0.2, 0.25) is 5.91 Å². The highest BCUT2D eigenvalue weighted by Gasteiger charge is 2.48. The van der Waals surface area contributed by atoms with Crippen LogP contribution in [0, 0.1) is 11.7 Å². The Kier molecular flexibility index (Phi) is 6.23. The Labute approximate surface area is 192 Å². The molecule has 0 radical (unpaired) electrons. The monoisotopic (exact) mass is 456 g/mol. The van der Waals surface area contributed by atoms with E-state index in [4.69, 9.17) is 4.74 Å². The SMILES string of the molecule is COC(=O)c1cc2n(n1)CC(C)(C(=O)NC1CCC(C)CC1)N(Cc1ccc(F)cc1)C2=O. The molecule has 1 N–H and O–H groups in total. The van der Waals surface area contributed by atoms with Gasteiger partial charge >= 0.3 is 5.97 Å². The van der Waals surface area contributed by atoms with Crippen molar-refractivity contribution in [1.29, 1.82) is 0 Å². The van der Waals surface area contributed by atoms with E-state index in [0.29, 0.717) is 11.5 Å². The number of fused-ring (bicyclic) bond motifs is 1. The van der Waals surface area contributed by atoms with Crippen LogP contribution in [0.3, 0.4) is 0 Å². The Morgan fingerprint density at radius 1 is 1.21 bits per heavy atom. The van der Waals surface area contributed by atoms with Crippen LogP contribution in [-0.4, -0.2) is 51.2 Å². The summed E-state index contributed by atoms with van der Waals surface area (Å²) in [5.74, 6) is -1.08. The fourth-order valence-electron chi connectivity index (χ4n) is 4.61. The van der Waals surface area contributed by atoms with E-state index < -0.39 is 17.4 Å². The molecule has 176 valence electrons. The molecule has 1 fully saturated rings. The lowest BCUT2D eigenvalue weighted by Crippen LogP contribution is -2.64. The predicted octanol–water partition coefficient (Wildman–Crippen LogP) is 2.92. The largest absolute Gasteiger partial charge is 0.464 e. The van der Waals surface area contributed by atoms with E-state index in [-0.39, 0.29) is 42.2 Å². The molecule has 2 heterocycles. The minimum atomic E-state index is -1.25. The third-order valence-electron chi connectivity index (χ3n) is 6.79. The summed E-state index contributed by atoms with van der Waals surface area (Å²) >= 11 is 0. The molecule has 9 heteroatoms. The maximum atomic E-state index is 13.6. The highest BCUT2D eigenvalue weighted by Crippen LogP contribution is 2.31. The number of aromatic nitrogens is 2. The van der Waals surface area contributed by atoms with Crippen LogP contribution in [-0.2, 0) is 22.6 Å². The average Bonchev–Trinajstić information content (AvgIpc) is 3.22. The van der Waals surface area contributed by atoms with Crippen LogP contribution in [0.4, 0.5) is 4.39 Å². The molecule has 1 aliphatic carbocycles. The zero-order valence-electron chi connectivity index (χ0n) is 19.1. The summed E-state index contributed by atoms with van der Waals surface area (Å²) < 4.78 is 19.6. The number of carbonyl (C=O) groups excluding carboxylic acids is 3. The molecule has 1 aromatic carbocycles. The summed E-state index contributed by atoms with van der Waals surface area (Å²) in [4.78, 5) is 40.6. The molecule has 1 unspecified atom stereocenters. The van der Waals surface area contributed by atoms with Crippen LogP contribution >= 0.6 is 0 Å². The Morgan fingerprint density at radius 3 is 2.52 bits per heavy atom. The molecule has 1 atom stereocenters. The summed E-state index contributed by atoms with van der Waals surface area (Å²) in [5, 5.41) is 7.37. The van der Waals surface area contributed by atoms with Gasteiger partial charge < -0.3 is 15.0 Å². The number of benzene rings is 1. The molecule has 0 spiro atoms. The standard InChI is InChI=1S/C24H29FN4O4/c1-15-4-10-18(11-5-15)26-23(32)24(2)14-29-20(12-19(27-29)22(31)33-3)21(30)28(24)13-16-6-8-17(25)9-7-16/h6-9,12,15,18H,4-5,10-11,13-14H2,1-3H3,(H,26,32). The number of rotatable bonds is 5. The smallest absolute Gasteiger partial charge is 0.358 e. The lowest BCUT2D eigenvalue weighted by molar-refractivity contribution is -0.134. The Bertz CT molecular complexity index is 1060. The summed E-state index contributed by atoms with van der Waals surface area (Å²) in [6.45, 7) is 4.12. The number of halogens is 1. The minimum Gasteiger partial charge on any atom is -0.464 e. The van der Waals surface area contributed by atoms with Gasteiger partial charge in [-0.05, 0) is 56.2 Å². The van der Waals surface area contributed by atoms with Gasteiger partial charge in [0.25, 0.3) is 5.91 Å². The van der Waals surface area contributed by atoms with Crippen molar-refractivity contribution in [2.24, 2.45) is 5.92 Å². The van der Waals surface area contributed by atoms with Gasteiger partial charge in [-0.1, -0.05) is 19.1 Å². The lowest BCUT2D eigenvalue weighted by Gasteiger charge is -2.44. The molecule has 0 saturated heterocycles. The number of ether oxygens (including phenoxy) is 1. The first-order valence-electron chi connectivity index (χ1n) is 11.2. The molecule has 1 saturated carbocycles. The number of esters is 1. The van der Waals surface area contributed by atoms with Crippen LogP contribution in [0.2, 0.25) is 0 Å². The van der Waals surface area contributed by atoms with Crippen molar-refractivity contribution in [2.45, 2.75) is 64.2 Å². The van der Waals surface area contributed by atoms with E-state index in [1.54, 1.807) is 19.1 Å². The third kappa shape index (κ3) is 4.49. The van der Waals surface area contributed by atoms with Crippen LogP contribution in [0.5, 0.6) is 0 Å². The van der Waals surface area contributed by atoms with Gasteiger partial charge in [0.15, 0.2) is 5.69 Å². The normalized spacial score (nSPS) is 24.8. The molecular formula is C24H29FN4O4. The van der Waals surface area contributed by atoms with Gasteiger partial charge in [0.1, 0.15) is 17.1 Å². The van der Waals surface area contributed by atoms with E-state index >= 15 is 0 Å². The molecule has 0 bridgehead atoms. The van der Waals surface area contributed by atoms with E-state index in [2.05, 4.69) is 17.3 Å². The molecular weight excluding hydrogens is 427 g/mol. The highest BCUT2D eigenvalue weighted by molar-refractivity contribution is 6.01. The Balaban J connectivity index is 1.66. The van der Waals surface area contributed by atoms with Crippen molar-refractivity contribution in [3.8, 4) is 0 Å². The second-order valence-electron chi connectivity index (χ2n) is 9.29. The average molecular weight is 457 g/mol. The minimum absolute atomic E-state index is 0.00788. The first-order chi connectivity index (χ1) is 15.7. The van der Waals surface area contributed by atoms with Gasteiger partial charge in [-0.3, -0.25) is 14.3 Å². The zero-order valence-corrected chi connectivity index (χ0v) is 19.1. The van der Waals surface area contributed by atoms with Crippen molar-refractivity contribution < 1.29 is 23.5 Å². The van der Waals surface area contributed by atoms with Crippen molar-refractivity contribution >= 4 is 17.8 Å². The number of methoxy groups -OCH3 is 1. The van der Waals surface area contributed by atoms with Gasteiger partial charge in [0, 0.05) is 18.7 Å². The number of amides is 2. The van der Waals surface area contributed by atoms with E-state index in [9.17, 15) is 18.8 Å². The van der Waals surface area contributed by atoms with Crippen molar-refractivity contribution in [1.82, 2.24) is 20.0 Å². The maximum absolute atomic E-state index is 13.6. The van der Waals surface area contributed by atoms with Crippen molar-refractivity contribution in [2.75, 3.05) is 7.11 Å². The topological polar surface area (TPSA) is 93.5 Å². The lowest BCUT2D eigenvalue weighted by atomic mass is 9.86. The molecule has 4 rings (SSSR count). The molecule has 1 aromatic heterocycles. The molecule has 8 nitrogen and oxygen atoms in total. The van der Waals surface area contributed by atoms with E-state index in [0.717, 1.165) is 25.7 Å². The van der Waals surface area contributed by atoms with Crippen molar-refractivity contribution in [3.63, 3.8) is 0 Å². The Morgan fingerprint density at radius 2 is 1.88 bits per heavy atom. The predicted molar refractivity (Wildman–Crippen MR) is 118 cm³/mol. The molecule has 2 aliphatic rings. The zero-order chi connectivity index (χ0) is 23.8. The van der Waals surface area contributed by atoms with Crippen LogP contribution in [0.15, 0.2) is 30.3 Å². The summed E-state index contributed by atoms with van der Waals surface area (Å²) in [6.07, 6.45) is 3.89. The summed E-state index contributed by atoms with van der Waals surface area (Å²) in [7, 11) is 1.24. The molecule has 2 amide bonds. The third-order valence-corrected chi connectivity index (χ3v) is 6.79. The maximum Gasteiger partial charge on any atom is 0.358 e. The first-order valence-corrected chi connectivity index (χ1v) is 11.2. The molecule has 33 heavy (non-hydrogen) atoms. The highest BCUT2D eigenvalue weighted by atomic mass is 19.1. The second-order valence-corrected chi connectivity index (χ2v) is 9.29. The quantitative estimate of drug-likeness (QED) is 0.699. The number of hydrogen-bond donors (Lipinski definition) is 1. The number of nitrogens with zero attached hydrogens (tertiary/aromatic N) is 3. The van der Waals surface area contributed by atoms with Gasteiger partial charge in [-0.2, -0.15) is 5.10 Å². The number of carbonyl (C=O) groups is 3. The first kappa shape index (κ1) is 22.9. The molecule has 2 aromatic rings. The van der Waals surface area contributed by atoms with Gasteiger partial charge in [-0.15, -0.1) is 0 Å². The Hall–Kier alpha value is -3.23. The van der Waals surface area contributed by atoms with Crippen LogP contribution in [0.25, 0.3) is 0 Å².